The van der Waals surface area contributed by atoms with Crippen molar-refractivity contribution in [3.8, 4) is 11.5 Å². The van der Waals surface area contributed by atoms with Crippen LogP contribution in [0.2, 0.25) is 0 Å². The van der Waals surface area contributed by atoms with Gasteiger partial charge in [0.05, 0.1) is 24.0 Å². The average molecular weight is 754 g/mol. The molecule has 0 saturated carbocycles. The molecule has 52 heavy (non-hydrogen) atoms. The van der Waals surface area contributed by atoms with Gasteiger partial charge in [-0.3, -0.25) is 0 Å². The maximum atomic E-state index is 12.7. The van der Waals surface area contributed by atoms with Gasteiger partial charge in [-0.2, -0.15) is 0 Å². The normalized spacial score (nSPS) is 11.6. The smallest absolute Gasteiger partial charge is 0.744 e. The van der Waals surface area contributed by atoms with Crippen molar-refractivity contribution >= 4 is 54.4 Å². The third-order valence-corrected chi connectivity index (χ3v) is 10.3. The Labute approximate surface area is 326 Å². The molecule has 5 aromatic rings. The van der Waals surface area contributed by atoms with Crippen molar-refractivity contribution in [3.05, 3.63) is 118 Å². The minimum atomic E-state index is -5.32. The fourth-order valence-electron chi connectivity index (χ4n) is 6.36. The molecule has 5 aromatic carbocycles. The summed E-state index contributed by atoms with van der Waals surface area (Å²) in [5.74, 6) is -0.453. The first kappa shape index (κ1) is 40.5. The van der Waals surface area contributed by atoms with Gasteiger partial charge in [0.1, 0.15) is 31.7 Å². The third kappa shape index (κ3) is 8.67. The van der Waals surface area contributed by atoms with Crippen LogP contribution in [0.3, 0.4) is 0 Å². The molecule has 268 valence electrons. The minimum Gasteiger partial charge on any atom is -0.744 e. The molecule has 0 fully saturated rings. The van der Waals surface area contributed by atoms with E-state index in [4.69, 9.17) is 20.9 Å². The second kappa shape index (κ2) is 15.8. The number of nitrogens with one attached hydrogen (secondary N) is 2. The van der Waals surface area contributed by atoms with Gasteiger partial charge >= 0.3 is 29.6 Å². The predicted molar refractivity (Wildman–Crippen MR) is 197 cm³/mol. The summed E-state index contributed by atoms with van der Waals surface area (Å²) in [5.41, 5.74) is 20.6. The van der Waals surface area contributed by atoms with Gasteiger partial charge in [-0.25, -0.2) is 16.8 Å². The van der Waals surface area contributed by atoms with Crippen LogP contribution in [0, 0.1) is 27.7 Å². The van der Waals surface area contributed by atoms with E-state index < -0.39 is 35.9 Å². The number of hydrogen-bond acceptors (Lipinski definition) is 12. The first-order valence-corrected chi connectivity index (χ1v) is 18.4. The largest absolute Gasteiger partial charge is 1.00 e. The molecule has 0 aliphatic heterocycles. The predicted octanol–water partition coefficient (Wildman–Crippen LogP) is 3.58. The summed E-state index contributed by atoms with van der Waals surface area (Å²) < 4.78 is 85.7. The van der Waals surface area contributed by atoms with Crippen LogP contribution in [0.1, 0.15) is 44.9 Å². The van der Waals surface area contributed by atoms with Gasteiger partial charge < -0.3 is 40.7 Å². The quantitative estimate of drug-likeness (QED) is 0.0661. The van der Waals surface area contributed by atoms with Crippen molar-refractivity contribution in [3.63, 3.8) is 0 Å². The van der Waals surface area contributed by atoms with E-state index in [1.165, 1.54) is 14.2 Å². The summed E-state index contributed by atoms with van der Waals surface area (Å²) in [7, 11) is -7.54. The second-order valence-corrected chi connectivity index (χ2v) is 15.0. The van der Waals surface area contributed by atoms with E-state index >= 15 is 0 Å². The molecule has 6 N–H and O–H groups in total. The van der Waals surface area contributed by atoms with E-state index in [2.05, 4.69) is 10.6 Å². The molecule has 5 rings (SSSR count). The Morgan fingerprint density at radius 3 is 1.31 bits per heavy atom. The van der Waals surface area contributed by atoms with Crippen LogP contribution in [0.15, 0.2) is 88.7 Å². The molecule has 0 saturated heterocycles. The molecule has 0 unspecified atom stereocenters. The van der Waals surface area contributed by atoms with Gasteiger partial charge in [-0.15, -0.1) is 0 Å². The van der Waals surface area contributed by atoms with Crippen LogP contribution in [0.5, 0.6) is 11.5 Å². The zero-order valence-electron chi connectivity index (χ0n) is 29.8. The molecule has 0 aromatic heterocycles. The Morgan fingerprint density at radius 1 is 0.577 bits per heavy atom. The Bertz CT molecular complexity index is 2230. The molecule has 12 nitrogen and oxygen atoms in total. The van der Waals surface area contributed by atoms with Gasteiger partial charge in [-0.05, 0) is 104 Å². The summed E-state index contributed by atoms with van der Waals surface area (Å²) in [6.07, 6.45) is 0. The zero-order chi connectivity index (χ0) is 37.4. The van der Waals surface area contributed by atoms with E-state index in [1.54, 1.807) is 36.4 Å². The zero-order valence-corrected chi connectivity index (χ0v) is 33.5. The monoisotopic (exact) mass is 753 g/mol. The standard InChI is InChI=1S/C37H40N4O8S2.Na/c1-20-13-24(38)14-21(2)36(20)40-26-7-10-29(32(17-26)48-5)35(31-12-9-28(50(42,43)44)19-34(31)51(45,46)47)30-11-8-27(18-33(30)49-6)41-37-22(3)15-25(39)16-23(37)4;/h7-19,35,40-41H,38-39H2,1-6H3,(H,42,43,44)(H,45,46,47);/q;+1/p-2. The maximum absolute atomic E-state index is 12.7. The number of anilines is 6. The molecule has 0 aliphatic carbocycles. The Kier molecular flexibility index (Phi) is 12.3. The molecule has 0 spiro atoms. The van der Waals surface area contributed by atoms with Gasteiger partial charge in [-0.1, -0.05) is 18.2 Å². The summed E-state index contributed by atoms with van der Waals surface area (Å²) in [5, 5.41) is 6.78. The molecule has 0 atom stereocenters. The first-order chi connectivity index (χ1) is 23.9. The van der Waals surface area contributed by atoms with Crippen LogP contribution in [0.4, 0.5) is 34.1 Å². The number of benzene rings is 5. The summed E-state index contributed by atoms with van der Waals surface area (Å²) >= 11 is 0. The fourth-order valence-corrected chi connectivity index (χ4v) is 7.68. The molecule has 0 bridgehead atoms. The number of rotatable bonds is 11. The van der Waals surface area contributed by atoms with Crippen molar-refractivity contribution in [2.75, 3.05) is 36.3 Å². The molecule has 0 heterocycles. The van der Waals surface area contributed by atoms with Gasteiger partial charge in [0.15, 0.2) is 0 Å². The maximum Gasteiger partial charge on any atom is 1.00 e. The number of nitrogens with two attached hydrogens (primary N) is 2. The fraction of sp³-hybridized carbons (Fsp3) is 0.189. The molecule has 0 amide bonds. The Hall–Kier alpha value is -4.28. The molecule has 0 radical (unpaired) electrons. The van der Waals surface area contributed by atoms with Crippen molar-refractivity contribution in [2.24, 2.45) is 0 Å². The van der Waals surface area contributed by atoms with E-state index in [1.807, 2.05) is 52.0 Å². The molecular weight excluding hydrogens is 716 g/mol. The number of methoxy groups -OCH3 is 2. The molecular formula is C37H38N4NaO8S2-. The van der Waals surface area contributed by atoms with E-state index in [0.717, 1.165) is 45.8 Å². The van der Waals surface area contributed by atoms with Crippen molar-refractivity contribution < 1.29 is 65.0 Å². The van der Waals surface area contributed by atoms with Crippen LogP contribution < -0.4 is 61.1 Å². The third-order valence-electron chi connectivity index (χ3n) is 8.59. The number of ether oxygens (including phenoxy) is 2. The van der Waals surface area contributed by atoms with Crippen molar-refractivity contribution in [2.45, 2.75) is 43.4 Å². The Morgan fingerprint density at radius 2 is 0.962 bits per heavy atom. The molecule has 15 heteroatoms. The number of hydrogen-bond donors (Lipinski definition) is 4. The number of nitrogen functional groups attached to an aromatic ring is 2. The number of aryl methyl sites for hydroxylation is 4. The summed E-state index contributed by atoms with van der Waals surface area (Å²) in [6.45, 7) is 7.69. The van der Waals surface area contributed by atoms with Crippen molar-refractivity contribution in [1.29, 1.82) is 0 Å². The second-order valence-electron chi connectivity index (χ2n) is 12.3. The van der Waals surface area contributed by atoms with Crippen LogP contribution >= 0.6 is 0 Å². The summed E-state index contributed by atoms with van der Waals surface area (Å²) in [6, 6.07) is 20.5. The van der Waals surface area contributed by atoms with Crippen LogP contribution in [-0.4, -0.2) is 40.2 Å². The van der Waals surface area contributed by atoms with E-state index in [0.29, 0.717) is 51.4 Å². The van der Waals surface area contributed by atoms with E-state index in [9.17, 15) is 25.9 Å². The molecule has 0 aliphatic rings. The van der Waals surface area contributed by atoms with Gasteiger partial charge in [0, 0.05) is 63.3 Å². The van der Waals surface area contributed by atoms with E-state index in [-0.39, 0.29) is 35.1 Å². The Balaban J connectivity index is 0.00000605. The first-order valence-electron chi connectivity index (χ1n) is 15.6. The van der Waals surface area contributed by atoms with Crippen LogP contribution in [-0.2, 0) is 20.2 Å². The van der Waals surface area contributed by atoms with Gasteiger partial charge in [0.25, 0.3) is 0 Å². The minimum absolute atomic E-state index is 0. The SMILES string of the molecule is COc1cc(Nc2c(C)cc(N)cc2C)ccc1C(c1ccc(Nc2c(C)cc(N)cc2C)cc1OC)c1ccc(S(=O)(=O)[O-])cc1S(=O)(=O)[O-].[Na+]. The van der Waals surface area contributed by atoms with Crippen LogP contribution in [0.25, 0.3) is 0 Å². The van der Waals surface area contributed by atoms with Crippen molar-refractivity contribution in [1.82, 2.24) is 0 Å². The van der Waals surface area contributed by atoms with Gasteiger partial charge in [0.2, 0.25) is 0 Å². The summed E-state index contributed by atoms with van der Waals surface area (Å²) in [4.78, 5) is -1.74. The topological polar surface area (TPSA) is 209 Å². The average Bonchev–Trinajstić information content (AvgIpc) is 3.04.